The number of hydrogen-bond donors (Lipinski definition) is 0. The highest BCUT2D eigenvalue weighted by Crippen LogP contribution is 2.77. The Morgan fingerprint density at radius 2 is 1.35 bits per heavy atom. The van der Waals surface area contributed by atoms with Crippen molar-refractivity contribution in [3.05, 3.63) is 0 Å². The maximum Gasteiger partial charge on any atom is -0.0235 e. The summed E-state index contributed by atoms with van der Waals surface area (Å²) in [5.41, 5.74) is 2.87. The van der Waals surface area contributed by atoms with Crippen molar-refractivity contribution in [2.24, 2.45) is 68.5 Å². The van der Waals surface area contributed by atoms with E-state index in [1.165, 1.54) is 57.8 Å². The van der Waals surface area contributed by atoms with Crippen molar-refractivity contribution in [3.63, 3.8) is 0 Å². The van der Waals surface area contributed by atoms with Crippen LogP contribution in [0.3, 0.4) is 0 Å². The Kier molecular flexibility index (Phi) is 4.98. The van der Waals surface area contributed by atoms with Crippen molar-refractivity contribution in [3.8, 4) is 0 Å². The van der Waals surface area contributed by atoms with Gasteiger partial charge in [0.1, 0.15) is 0 Å². The Morgan fingerprint density at radius 3 is 2.03 bits per heavy atom. The van der Waals surface area contributed by atoms with Gasteiger partial charge < -0.3 is 0 Å². The quantitative estimate of drug-likeness (QED) is 0.391. The Labute approximate surface area is 195 Å². The average molecular weight is 427 g/mol. The van der Waals surface area contributed by atoms with Crippen LogP contribution in [0.5, 0.6) is 0 Å². The van der Waals surface area contributed by atoms with Crippen LogP contribution in [0.15, 0.2) is 0 Å². The Balaban J connectivity index is 1.54. The molecule has 0 bridgehead atoms. The first-order valence-corrected chi connectivity index (χ1v) is 14.3. The lowest BCUT2D eigenvalue weighted by molar-refractivity contribution is -0.242. The molecule has 0 spiro atoms. The first kappa shape index (κ1) is 22.8. The molecule has 0 nitrogen and oxygen atoms in total. The molecule has 5 aliphatic rings. The molecule has 31 heavy (non-hydrogen) atoms. The maximum atomic E-state index is 2.82. The van der Waals surface area contributed by atoms with E-state index >= 15 is 0 Å². The zero-order valence-corrected chi connectivity index (χ0v) is 22.6. The predicted molar refractivity (Wildman–Crippen MR) is 134 cm³/mol. The highest BCUT2D eigenvalue weighted by atomic mass is 14.7. The number of fused-ring (bicyclic) bond motifs is 7. The minimum atomic E-state index is 0.519. The van der Waals surface area contributed by atoms with Gasteiger partial charge in [-0.3, -0.25) is 0 Å². The largest absolute Gasteiger partial charge is 0.0625 e. The molecule has 0 saturated heterocycles. The van der Waals surface area contributed by atoms with E-state index in [0.29, 0.717) is 27.1 Å². The highest BCUT2D eigenvalue weighted by molar-refractivity contribution is 5.18. The van der Waals surface area contributed by atoms with Crippen molar-refractivity contribution >= 4 is 0 Å². The lowest BCUT2D eigenvalue weighted by atomic mass is 9.32. The molecule has 5 saturated carbocycles. The summed E-state index contributed by atoms with van der Waals surface area (Å²) in [5.74, 6) is 6.61. The van der Waals surface area contributed by atoms with Gasteiger partial charge in [0.25, 0.3) is 0 Å². The third-order valence-electron chi connectivity index (χ3n) is 14.3. The van der Waals surface area contributed by atoms with Gasteiger partial charge in [-0.25, -0.2) is 0 Å². The third-order valence-corrected chi connectivity index (χ3v) is 14.3. The average Bonchev–Trinajstić information content (AvgIpc) is 3.04. The van der Waals surface area contributed by atoms with E-state index in [0.717, 1.165) is 41.4 Å². The predicted octanol–water partition coefficient (Wildman–Crippen LogP) is 9.38. The smallest absolute Gasteiger partial charge is 0.0235 e. The first-order chi connectivity index (χ1) is 14.3. The number of hydrogen-bond acceptors (Lipinski definition) is 0. The molecule has 0 aliphatic heterocycles. The van der Waals surface area contributed by atoms with Crippen LogP contribution in [0.1, 0.15) is 127 Å². The van der Waals surface area contributed by atoms with Gasteiger partial charge in [0.2, 0.25) is 0 Å². The topological polar surface area (TPSA) is 0 Å². The maximum absolute atomic E-state index is 2.82. The van der Waals surface area contributed by atoms with Gasteiger partial charge in [0.15, 0.2) is 0 Å². The van der Waals surface area contributed by atoms with E-state index in [9.17, 15) is 0 Å². The van der Waals surface area contributed by atoms with Crippen LogP contribution in [0.25, 0.3) is 0 Å². The zero-order chi connectivity index (χ0) is 22.6. The summed E-state index contributed by atoms with van der Waals surface area (Å²) in [5, 5.41) is 0. The minimum Gasteiger partial charge on any atom is -0.0625 e. The van der Waals surface area contributed by atoms with Crippen LogP contribution in [-0.2, 0) is 0 Å². The summed E-state index contributed by atoms with van der Waals surface area (Å²) < 4.78 is 0. The first-order valence-electron chi connectivity index (χ1n) is 14.3. The summed E-state index contributed by atoms with van der Waals surface area (Å²) in [4.78, 5) is 0. The van der Waals surface area contributed by atoms with Crippen LogP contribution < -0.4 is 0 Å². The van der Waals surface area contributed by atoms with Crippen LogP contribution in [0.4, 0.5) is 0 Å². The molecule has 0 aromatic heterocycles. The molecule has 0 N–H and O–H groups in total. The van der Waals surface area contributed by atoms with Crippen LogP contribution >= 0.6 is 0 Å². The second-order valence-corrected chi connectivity index (χ2v) is 15.6. The Morgan fingerprint density at radius 1 is 0.645 bits per heavy atom. The van der Waals surface area contributed by atoms with E-state index < -0.39 is 0 Å². The van der Waals surface area contributed by atoms with Crippen molar-refractivity contribution in [2.75, 3.05) is 0 Å². The molecule has 0 aromatic rings. The highest BCUT2D eigenvalue weighted by Gasteiger charge is 2.70. The molecular formula is C31H54. The molecule has 5 fully saturated rings. The standard InChI is InChI=1S/C31H54/c1-20(2)22-13-15-28(6)18-19-30(8)23(26(22)28)10-11-25-29(7)16-12-21(3)27(4,5)24(29)14-17-31(25,30)9/h20-26H,10-19H2,1-9H3/t21?,22?,23?,24?,25?,26?,28?,29?,30-,31?/m1/s1. The normalized spacial score (nSPS) is 58.3. The SMILES string of the molecule is CC(C)C1CCC2(C)CC[C@]3(C)C(CCC4C5(C)CCC(C)C(C)(C)C5CCC43C)C12. The monoisotopic (exact) mass is 426 g/mol. The summed E-state index contributed by atoms with van der Waals surface area (Å²) in [6.07, 6.45) is 15.1. The van der Waals surface area contributed by atoms with Crippen LogP contribution in [0, 0.1) is 68.5 Å². The second kappa shape index (κ2) is 6.78. The number of rotatable bonds is 1. The van der Waals surface area contributed by atoms with Crippen molar-refractivity contribution < 1.29 is 0 Å². The molecule has 0 heteroatoms. The van der Waals surface area contributed by atoms with E-state index in [1.54, 1.807) is 6.42 Å². The van der Waals surface area contributed by atoms with E-state index in [4.69, 9.17) is 0 Å². The van der Waals surface area contributed by atoms with Crippen molar-refractivity contribution in [1.29, 1.82) is 0 Å². The summed E-state index contributed by atoms with van der Waals surface area (Å²) in [6.45, 7) is 24.0. The Hall–Kier alpha value is 0. The van der Waals surface area contributed by atoms with Crippen LogP contribution in [-0.4, -0.2) is 0 Å². The molecule has 0 aromatic carbocycles. The van der Waals surface area contributed by atoms with Gasteiger partial charge >= 0.3 is 0 Å². The van der Waals surface area contributed by atoms with Crippen molar-refractivity contribution in [1.82, 2.24) is 0 Å². The third kappa shape index (κ3) is 2.72. The van der Waals surface area contributed by atoms with E-state index in [2.05, 4.69) is 62.3 Å². The van der Waals surface area contributed by atoms with Gasteiger partial charge in [-0.05, 0) is 133 Å². The molecule has 178 valence electrons. The second-order valence-electron chi connectivity index (χ2n) is 15.6. The van der Waals surface area contributed by atoms with E-state index in [-0.39, 0.29) is 0 Å². The van der Waals surface area contributed by atoms with Gasteiger partial charge in [0, 0.05) is 0 Å². The molecule has 5 rings (SSSR count). The summed E-state index contributed by atoms with van der Waals surface area (Å²) in [6, 6.07) is 0. The molecule has 10 atom stereocenters. The van der Waals surface area contributed by atoms with Gasteiger partial charge in [0.05, 0.1) is 0 Å². The zero-order valence-electron chi connectivity index (χ0n) is 22.6. The van der Waals surface area contributed by atoms with Gasteiger partial charge in [-0.2, -0.15) is 0 Å². The van der Waals surface area contributed by atoms with Crippen molar-refractivity contribution in [2.45, 2.75) is 127 Å². The van der Waals surface area contributed by atoms with Gasteiger partial charge in [-0.15, -0.1) is 0 Å². The van der Waals surface area contributed by atoms with E-state index in [1.807, 2.05) is 0 Å². The lowest BCUT2D eigenvalue weighted by Crippen LogP contribution is -2.66. The molecule has 0 amide bonds. The van der Waals surface area contributed by atoms with Gasteiger partial charge in [-0.1, -0.05) is 62.3 Å². The fourth-order valence-electron chi connectivity index (χ4n) is 11.9. The summed E-state index contributed by atoms with van der Waals surface area (Å²) >= 11 is 0. The van der Waals surface area contributed by atoms with Crippen LogP contribution in [0.2, 0.25) is 0 Å². The minimum absolute atomic E-state index is 0.519. The molecule has 9 unspecified atom stereocenters. The molecule has 0 radical (unpaired) electrons. The Bertz CT molecular complexity index is 718. The fraction of sp³-hybridized carbons (Fsp3) is 1.00. The molecular weight excluding hydrogens is 372 g/mol. The fourth-order valence-corrected chi connectivity index (χ4v) is 11.9. The lowest BCUT2D eigenvalue weighted by Gasteiger charge is -2.73. The molecule has 5 aliphatic carbocycles. The molecule has 0 heterocycles. The summed E-state index contributed by atoms with van der Waals surface area (Å²) in [7, 11) is 0.